The molecule has 0 aliphatic heterocycles. The first-order valence-corrected chi connectivity index (χ1v) is 5.85. The fourth-order valence-electron chi connectivity index (χ4n) is 1.27. The molecule has 0 heterocycles. The van der Waals surface area contributed by atoms with E-state index < -0.39 is 6.04 Å². The second-order valence-electron chi connectivity index (χ2n) is 5.76. The van der Waals surface area contributed by atoms with Gasteiger partial charge in [-0.25, -0.2) is 0 Å². The van der Waals surface area contributed by atoms with E-state index in [1.807, 2.05) is 34.6 Å². The minimum Gasteiger partial charge on any atom is -0.352 e. The van der Waals surface area contributed by atoms with Gasteiger partial charge >= 0.3 is 0 Å². The Hall–Kier alpha value is -1.10. The molecule has 0 aliphatic carbocycles. The molecule has 1 atom stereocenters. The first kappa shape index (κ1) is 15.9. The molecule has 1 unspecified atom stereocenters. The van der Waals surface area contributed by atoms with Crippen molar-refractivity contribution < 1.29 is 9.59 Å². The molecule has 0 aromatic heterocycles. The van der Waals surface area contributed by atoms with E-state index in [-0.39, 0.29) is 29.8 Å². The standard InChI is InChI=1S/C12H25N3O2/c1-8(2)14-9(16)7-15(6)11(17)10(13)12(3,4)5/h8,10H,7,13H2,1-6H3,(H,14,16). The van der Waals surface area contributed by atoms with Crippen molar-refractivity contribution in [1.82, 2.24) is 10.2 Å². The van der Waals surface area contributed by atoms with Gasteiger partial charge in [0.05, 0.1) is 12.6 Å². The van der Waals surface area contributed by atoms with E-state index in [4.69, 9.17) is 5.73 Å². The van der Waals surface area contributed by atoms with Crippen LogP contribution in [0.25, 0.3) is 0 Å². The molecule has 2 amide bonds. The second-order valence-corrected chi connectivity index (χ2v) is 5.76. The van der Waals surface area contributed by atoms with Gasteiger partial charge in [0.25, 0.3) is 0 Å². The highest BCUT2D eigenvalue weighted by Gasteiger charge is 2.30. The third kappa shape index (κ3) is 5.68. The summed E-state index contributed by atoms with van der Waals surface area (Å²) in [5, 5.41) is 2.73. The quantitative estimate of drug-likeness (QED) is 0.748. The Morgan fingerprint density at radius 1 is 1.29 bits per heavy atom. The summed E-state index contributed by atoms with van der Waals surface area (Å²) in [6, 6.07) is -0.526. The number of nitrogens with two attached hydrogens (primary N) is 1. The van der Waals surface area contributed by atoms with Gasteiger partial charge in [0, 0.05) is 13.1 Å². The van der Waals surface area contributed by atoms with Crippen LogP contribution >= 0.6 is 0 Å². The minimum absolute atomic E-state index is 0.0425. The van der Waals surface area contributed by atoms with E-state index in [2.05, 4.69) is 5.32 Å². The van der Waals surface area contributed by atoms with Crippen LogP contribution < -0.4 is 11.1 Å². The van der Waals surface area contributed by atoms with E-state index in [1.165, 1.54) is 4.90 Å². The Morgan fingerprint density at radius 3 is 2.12 bits per heavy atom. The van der Waals surface area contributed by atoms with Gasteiger partial charge in [0.15, 0.2) is 0 Å². The van der Waals surface area contributed by atoms with Crippen molar-refractivity contribution in [3.8, 4) is 0 Å². The Morgan fingerprint density at radius 2 is 1.76 bits per heavy atom. The molecule has 0 spiro atoms. The summed E-state index contributed by atoms with van der Waals surface area (Å²) in [5.74, 6) is -0.381. The third-order valence-corrected chi connectivity index (χ3v) is 2.41. The molecule has 5 heteroatoms. The van der Waals surface area contributed by atoms with Crippen LogP contribution in [-0.2, 0) is 9.59 Å². The van der Waals surface area contributed by atoms with E-state index >= 15 is 0 Å². The van der Waals surface area contributed by atoms with Crippen molar-refractivity contribution in [3.05, 3.63) is 0 Å². The molecule has 0 saturated carbocycles. The van der Waals surface area contributed by atoms with Crippen LogP contribution in [0.3, 0.4) is 0 Å². The van der Waals surface area contributed by atoms with Gasteiger partial charge in [-0.1, -0.05) is 20.8 Å². The highest BCUT2D eigenvalue weighted by molar-refractivity contribution is 5.87. The number of carbonyl (C=O) groups excluding carboxylic acids is 2. The molecule has 0 aliphatic rings. The number of amides is 2. The topological polar surface area (TPSA) is 75.4 Å². The maximum atomic E-state index is 11.9. The lowest BCUT2D eigenvalue weighted by atomic mass is 9.86. The van der Waals surface area contributed by atoms with Crippen molar-refractivity contribution in [2.24, 2.45) is 11.1 Å². The molecule has 5 nitrogen and oxygen atoms in total. The lowest BCUT2D eigenvalue weighted by molar-refractivity contribution is -0.137. The summed E-state index contributed by atoms with van der Waals surface area (Å²) in [6.45, 7) is 9.49. The number of nitrogens with one attached hydrogen (secondary N) is 1. The van der Waals surface area contributed by atoms with Crippen LogP contribution in [0.2, 0.25) is 0 Å². The highest BCUT2D eigenvalue weighted by atomic mass is 16.2. The third-order valence-electron chi connectivity index (χ3n) is 2.41. The summed E-state index contributed by atoms with van der Waals surface area (Å²) in [5.41, 5.74) is 5.54. The smallest absolute Gasteiger partial charge is 0.240 e. The molecule has 0 bridgehead atoms. The number of hydrogen-bond acceptors (Lipinski definition) is 3. The number of likely N-dealkylation sites (N-methyl/N-ethyl adjacent to an activating group) is 1. The van der Waals surface area contributed by atoms with Gasteiger partial charge in [-0.3, -0.25) is 9.59 Å². The monoisotopic (exact) mass is 243 g/mol. The zero-order chi connectivity index (χ0) is 13.8. The van der Waals surface area contributed by atoms with Crippen LogP contribution in [0.4, 0.5) is 0 Å². The van der Waals surface area contributed by atoms with Crippen molar-refractivity contribution in [2.75, 3.05) is 13.6 Å². The van der Waals surface area contributed by atoms with Gasteiger partial charge in [-0.05, 0) is 19.3 Å². The number of carbonyl (C=O) groups is 2. The van der Waals surface area contributed by atoms with Crippen LogP contribution in [0.15, 0.2) is 0 Å². The zero-order valence-electron chi connectivity index (χ0n) is 11.7. The molecule has 17 heavy (non-hydrogen) atoms. The molecule has 0 rings (SSSR count). The highest BCUT2D eigenvalue weighted by Crippen LogP contribution is 2.18. The number of rotatable bonds is 4. The Labute approximate surface area is 104 Å². The number of nitrogens with zero attached hydrogens (tertiary/aromatic N) is 1. The maximum absolute atomic E-state index is 11.9. The van der Waals surface area contributed by atoms with Gasteiger partial charge in [0.2, 0.25) is 11.8 Å². The van der Waals surface area contributed by atoms with E-state index in [9.17, 15) is 9.59 Å². The Balaban J connectivity index is 4.37. The van der Waals surface area contributed by atoms with Crippen molar-refractivity contribution in [3.63, 3.8) is 0 Å². The predicted molar refractivity (Wildman–Crippen MR) is 68.3 cm³/mol. The summed E-state index contributed by atoms with van der Waals surface area (Å²) >= 11 is 0. The molecule has 0 aromatic rings. The minimum atomic E-state index is -0.598. The fourth-order valence-corrected chi connectivity index (χ4v) is 1.27. The molecular formula is C12H25N3O2. The summed E-state index contributed by atoms with van der Waals surface area (Å²) in [4.78, 5) is 24.8. The first-order chi connectivity index (χ1) is 7.55. The summed E-state index contributed by atoms with van der Waals surface area (Å²) in [7, 11) is 1.59. The summed E-state index contributed by atoms with van der Waals surface area (Å²) in [6.07, 6.45) is 0. The molecule has 0 fully saturated rings. The molecule has 0 saturated heterocycles. The second kappa shape index (κ2) is 6.00. The zero-order valence-corrected chi connectivity index (χ0v) is 11.7. The lowest BCUT2D eigenvalue weighted by Crippen LogP contribution is -2.51. The SMILES string of the molecule is CC(C)NC(=O)CN(C)C(=O)C(N)C(C)(C)C. The van der Waals surface area contributed by atoms with Crippen LogP contribution in [0.1, 0.15) is 34.6 Å². The molecule has 3 N–H and O–H groups in total. The Bertz CT molecular complexity index is 282. The lowest BCUT2D eigenvalue weighted by Gasteiger charge is -2.29. The molecule has 0 radical (unpaired) electrons. The van der Waals surface area contributed by atoms with Crippen molar-refractivity contribution in [1.29, 1.82) is 0 Å². The molecular weight excluding hydrogens is 218 g/mol. The van der Waals surface area contributed by atoms with Crippen LogP contribution in [0, 0.1) is 5.41 Å². The first-order valence-electron chi connectivity index (χ1n) is 5.85. The molecule has 100 valence electrons. The van der Waals surface area contributed by atoms with Gasteiger partial charge < -0.3 is 16.0 Å². The van der Waals surface area contributed by atoms with E-state index in [0.29, 0.717) is 0 Å². The predicted octanol–water partition coefficient (Wildman–Crippen LogP) is 0.343. The van der Waals surface area contributed by atoms with E-state index in [0.717, 1.165) is 0 Å². The van der Waals surface area contributed by atoms with Gasteiger partial charge in [-0.15, -0.1) is 0 Å². The van der Waals surface area contributed by atoms with Crippen LogP contribution in [0.5, 0.6) is 0 Å². The average molecular weight is 243 g/mol. The average Bonchev–Trinajstić information content (AvgIpc) is 2.12. The van der Waals surface area contributed by atoms with Gasteiger partial charge in [-0.2, -0.15) is 0 Å². The summed E-state index contributed by atoms with van der Waals surface area (Å²) < 4.78 is 0. The fraction of sp³-hybridized carbons (Fsp3) is 0.833. The Kier molecular flexibility index (Phi) is 5.61. The van der Waals surface area contributed by atoms with E-state index in [1.54, 1.807) is 7.05 Å². The number of hydrogen-bond donors (Lipinski definition) is 2. The van der Waals surface area contributed by atoms with Crippen molar-refractivity contribution in [2.45, 2.75) is 46.7 Å². The van der Waals surface area contributed by atoms with Crippen LogP contribution in [-0.4, -0.2) is 42.4 Å². The maximum Gasteiger partial charge on any atom is 0.240 e. The van der Waals surface area contributed by atoms with Crippen molar-refractivity contribution >= 4 is 11.8 Å². The molecule has 0 aromatic carbocycles. The van der Waals surface area contributed by atoms with Gasteiger partial charge in [0.1, 0.15) is 0 Å². The largest absolute Gasteiger partial charge is 0.352 e. The normalized spacial score (nSPS) is 13.4.